The van der Waals surface area contributed by atoms with E-state index < -0.39 is 0 Å². The highest BCUT2D eigenvalue weighted by Crippen LogP contribution is 2.35. The van der Waals surface area contributed by atoms with Gasteiger partial charge in [0.1, 0.15) is 12.5 Å². The molecule has 4 nitrogen and oxygen atoms in total. The van der Waals surface area contributed by atoms with E-state index in [-0.39, 0.29) is 0 Å². The number of methoxy groups -OCH3 is 1. The molecule has 2 heterocycles. The van der Waals surface area contributed by atoms with Crippen molar-refractivity contribution < 1.29 is 9.53 Å². The van der Waals surface area contributed by atoms with Crippen LogP contribution in [0.1, 0.15) is 22.8 Å². The molecular weight excluding hydrogens is 228 g/mol. The minimum atomic E-state index is 0.293. The van der Waals surface area contributed by atoms with Crippen LogP contribution in [0.25, 0.3) is 0 Å². The van der Waals surface area contributed by atoms with Crippen molar-refractivity contribution in [1.82, 2.24) is 4.98 Å². The molecule has 0 spiro atoms. The van der Waals surface area contributed by atoms with E-state index in [0.29, 0.717) is 23.4 Å². The third-order valence-electron chi connectivity index (χ3n) is 2.81. The van der Waals surface area contributed by atoms with Crippen molar-refractivity contribution in [1.29, 1.82) is 0 Å². The van der Waals surface area contributed by atoms with E-state index in [1.807, 2.05) is 4.90 Å². The average Bonchev–Trinajstić information content (AvgIpc) is 2.59. The lowest BCUT2D eigenvalue weighted by Crippen LogP contribution is -2.31. The number of carbonyl (C=O) groups is 1. The van der Waals surface area contributed by atoms with E-state index in [0.717, 1.165) is 24.1 Å². The van der Waals surface area contributed by atoms with Crippen LogP contribution in [0.15, 0.2) is 6.20 Å². The van der Waals surface area contributed by atoms with Gasteiger partial charge in [-0.3, -0.25) is 4.79 Å². The predicted molar refractivity (Wildman–Crippen MR) is 62.2 cm³/mol. The summed E-state index contributed by atoms with van der Waals surface area (Å²) in [7, 11) is 1.64. The van der Waals surface area contributed by atoms with E-state index in [1.54, 1.807) is 7.11 Å². The summed E-state index contributed by atoms with van der Waals surface area (Å²) >= 11 is 6.15. The van der Waals surface area contributed by atoms with Crippen LogP contribution in [0.5, 0.6) is 0 Å². The zero-order chi connectivity index (χ0) is 11.7. The molecule has 0 bridgehead atoms. The topological polar surface area (TPSA) is 42.4 Å². The third-order valence-corrected chi connectivity index (χ3v) is 3.26. The number of pyridine rings is 1. The van der Waals surface area contributed by atoms with Crippen molar-refractivity contribution in [2.24, 2.45) is 0 Å². The average molecular weight is 241 g/mol. The Labute approximate surface area is 99.2 Å². The molecule has 5 heteroatoms. The van der Waals surface area contributed by atoms with Crippen LogP contribution in [-0.4, -0.2) is 31.2 Å². The van der Waals surface area contributed by atoms with Gasteiger partial charge in [0.2, 0.25) is 0 Å². The molecule has 1 aliphatic heterocycles. The fourth-order valence-electron chi connectivity index (χ4n) is 1.99. The fraction of sp³-hybridized carbons (Fsp3) is 0.455. The maximum atomic E-state index is 10.8. The Hall–Kier alpha value is -1.13. The summed E-state index contributed by atoms with van der Waals surface area (Å²) in [6.07, 6.45) is 3.04. The molecule has 2 rings (SSSR count). The molecule has 0 radical (unpaired) electrons. The highest BCUT2D eigenvalue weighted by atomic mass is 35.5. The lowest BCUT2D eigenvalue weighted by molar-refractivity contribution is 0.112. The summed E-state index contributed by atoms with van der Waals surface area (Å²) in [6, 6.07) is 0.293. The second kappa shape index (κ2) is 4.39. The molecule has 0 amide bonds. The Balaban J connectivity index is 2.45. The minimum absolute atomic E-state index is 0.293. The summed E-state index contributed by atoms with van der Waals surface area (Å²) in [5.74, 6) is 0.824. The Morgan fingerprint density at radius 2 is 2.50 bits per heavy atom. The van der Waals surface area contributed by atoms with Crippen molar-refractivity contribution in [3.05, 3.63) is 22.3 Å². The normalized spacial score (nSPS) is 18.7. The number of hydrogen-bond donors (Lipinski definition) is 0. The molecule has 1 aliphatic rings. The SMILES string of the molecule is COCN1c2ncc(C=O)c(Cl)c2CC1C. The fourth-order valence-corrected chi connectivity index (χ4v) is 2.25. The number of anilines is 1. The molecule has 86 valence electrons. The van der Waals surface area contributed by atoms with Gasteiger partial charge in [-0.2, -0.15) is 0 Å². The maximum absolute atomic E-state index is 10.8. The summed E-state index contributed by atoms with van der Waals surface area (Å²) in [6.45, 7) is 2.57. The molecule has 0 saturated heterocycles. The second-order valence-corrected chi connectivity index (χ2v) is 4.27. The Bertz CT molecular complexity index is 423. The van der Waals surface area contributed by atoms with Crippen molar-refractivity contribution in [3.63, 3.8) is 0 Å². The van der Waals surface area contributed by atoms with Gasteiger partial charge >= 0.3 is 0 Å². The number of aldehydes is 1. The minimum Gasteiger partial charge on any atom is -0.364 e. The van der Waals surface area contributed by atoms with Crippen LogP contribution in [0.3, 0.4) is 0 Å². The van der Waals surface area contributed by atoms with E-state index >= 15 is 0 Å². The number of carbonyl (C=O) groups excluding carboxylic acids is 1. The molecule has 0 saturated carbocycles. The molecule has 0 aliphatic carbocycles. The molecule has 1 atom stereocenters. The van der Waals surface area contributed by atoms with E-state index in [1.165, 1.54) is 6.20 Å². The highest BCUT2D eigenvalue weighted by molar-refractivity contribution is 6.34. The van der Waals surface area contributed by atoms with Gasteiger partial charge in [0, 0.05) is 24.9 Å². The van der Waals surface area contributed by atoms with Gasteiger partial charge in [-0.05, 0) is 13.3 Å². The number of hydrogen-bond acceptors (Lipinski definition) is 4. The Morgan fingerprint density at radius 3 is 3.12 bits per heavy atom. The van der Waals surface area contributed by atoms with Crippen LogP contribution in [0.2, 0.25) is 5.02 Å². The number of aromatic nitrogens is 1. The van der Waals surface area contributed by atoms with E-state index in [2.05, 4.69) is 11.9 Å². The van der Waals surface area contributed by atoms with Crippen molar-refractivity contribution in [2.45, 2.75) is 19.4 Å². The van der Waals surface area contributed by atoms with Crippen LogP contribution >= 0.6 is 11.6 Å². The van der Waals surface area contributed by atoms with Gasteiger partial charge in [-0.1, -0.05) is 11.6 Å². The largest absolute Gasteiger partial charge is 0.364 e. The van der Waals surface area contributed by atoms with Gasteiger partial charge in [-0.15, -0.1) is 0 Å². The number of rotatable bonds is 3. The molecule has 1 aromatic rings. The first-order valence-corrected chi connectivity index (χ1v) is 5.45. The van der Waals surface area contributed by atoms with Gasteiger partial charge in [0.05, 0.1) is 10.6 Å². The van der Waals surface area contributed by atoms with Crippen molar-refractivity contribution >= 4 is 23.7 Å². The highest BCUT2D eigenvalue weighted by Gasteiger charge is 2.29. The lowest BCUT2D eigenvalue weighted by Gasteiger charge is -2.22. The number of fused-ring (bicyclic) bond motifs is 1. The Kier molecular flexibility index (Phi) is 3.12. The first-order chi connectivity index (χ1) is 7.69. The monoisotopic (exact) mass is 240 g/mol. The zero-order valence-corrected chi connectivity index (χ0v) is 9.99. The van der Waals surface area contributed by atoms with Gasteiger partial charge in [0.25, 0.3) is 0 Å². The van der Waals surface area contributed by atoms with E-state index in [9.17, 15) is 4.79 Å². The van der Waals surface area contributed by atoms with Gasteiger partial charge in [-0.25, -0.2) is 4.98 Å². The van der Waals surface area contributed by atoms with Crippen LogP contribution < -0.4 is 4.90 Å². The first kappa shape index (κ1) is 11.4. The molecule has 0 N–H and O–H groups in total. The van der Waals surface area contributed by atoms with Crippen molar-refractivity contribution in [2.75, 3.05) is 18.7 Å². The lowest BCUT2D eigenvalue weighted by atomic mass is 10.1. The summed E-state index contributed by atoms with van der Waals surface area (Å²) in [5, 5.41) is 0.519. The van der Waals surface area contributed by atoms with Crippen molar-refractivity contribution in [3.8, 4) is 0 Å². The number of ether oxygens (including phenoxy) is 1. The molecule has 0 fully saturated rings. The zero-order valence-electron chi connectivity index (χ0n) is 9.24. The standard InChI is InChI=1S/C11H13ClN2O2/c1-7-3-9-10(12)8(5-15)4-13-11(9)14(7)6-16-2/h4-5,7H,3,6H2,1-2H3. The molecule has 1 aromatic heterocycles. The van der Waals surface area contributed by atoms with Gasteiger partial charge in [0.15, 0.2) is 6.29 Å². The predicted octanol–water partition coefficient (Wildman–Crippen LogP) is 1.90. The van der Waals surface area contributed by atoms with E-state index in [4.69, 9.17) is 16.3 Å². The number of nitrogens with zero attached hydrogens (tertiary/aromatic N) is 2. The Morgan fingerprint density at radius 1 is 1.75 bits per heavy atom. The molecule has 0 aromatic carbocycles. The van der Waals surface area contributed by atoms with Gasteiger partial charge < -0.3 is 9.64 Å². The molecular formula is C11H13ClN2O2. The summed E-state index contributed by atoms with van der Waals surface area (Å²) in [5.41, 5.74) is 1.39. The second-order valence-electron chi connectivity index (χ2n) is 3.89. The number of halogens is 1. The van der Waals surface area contributed by atoms with Crippen LogP contribution in [0, 0.1) is 0 Å². The molecule has 1 unspecified atom stereocenters. The van der Waals surface area contributed by atoms with Crippen LogP contribution in [0.4, 0.5) is 5.82 Å². The quantitative estimate of drug-likeness (QED) is 0.757. The third kappa shape index (κ3) is 1.68. The maximum Gasteiger partial charge on any atom is 0.153 e. The smallest absolute Gasteiger partial charge is 0.153 e. The summed E-state index contributed by atoms with van der Waals surface area (Å²) < 4.78 is 5.12. The first-order valence-electron chi connectivity index (χ1n) is 5.07. The summed E-state index contributed by atoms with van der Waals surface area (Å²) in [4.78, 5) is 17.1. The van der Waals surface area contributed by atoms with Crippen LogP contribution in [-0.2, 0) is 11.2 Å². The molecule has 16 heavy (non-hydrogen) atoms.